The molecule has 9 heteroatoms. The molecule has 0 aliphatic heterocycles. The minimum absolute atomic E-state index is 0.275. The molecule has 2 amide bonds. The van der Waals surface area contributed by atoms with E-state index in [2.05, 4.69) is 15.7 Å². The van der Waals surface area contributed by atoms with Crippen LogP contribution in [-0.2, 0) is 0 Å². The normalized spacial score (nSPS) is 10.8. The van der Waals surface area contributed by atoms with Crippen LogP contribution < -0.4 is 21.1 Å². The molecule has 0 fully saturated rings. The van der Waals surface area contributed by atoms with Crippen molar-refractivity contribution in [2.75, 3.05) is 45.3 Å². The van der Waals surface area contributed by atoms with Gasteiger partial charge in [-0.1, -0.05) is 23.7 Å². The van der Waals surface area contributed by atoms with Crippen molar-refractivity contribution in [3.8, 4) is 22.7 Å². The minimum Gasteiger partial charge on any atom is -0.497 e. The summed E-state index contributed by atoms with van der Waals surface area (Å²) in [6, 6.07) is 14.2. The Morgan fingerprint density at radius 3 is 2.53 bits per heavy atom. The van der Waals surface area contributed by atoms with Crippen LogP contribution in [0.5, 0.6) is 5.75 Å². The molecule has 0 atom stereocenters. The van der Waals surface area contributed by atoms with Gasteiger partial charge in [-0.25, -0.2) is 9.48 Å². The van der Waals surface area contributed by atoms with Crippen LogP contribution in [0.3, 0.4) is 0 Å². The molecule has 0 saturated heterocycles. The second-order valence-electron chi connectivity index (χ2n) is 6.88. The van der Waals surface area contributed by atoms with Gasteiger partial charge in [-0.15, -0.1) is 0 Å². The van der Waals surface area contributed by atoms with Gasteiger partial charge in [0.2, 0.25) is 0 Å². The number of halogens is 1. The molecule has 1 aromatic heterocycles. The maximum Gasteiger partial charge on any atom is 0.319 e. The van der Waals surface area contributed by atoms with Crippen LogP contribution in [-0.4, -0.2) is 55.0 Å². The lowest BCUT2D eigenvalue weighted by atomic mass is 10.1. The second kappa shape index (κ2) is 9.51. The van der Waals surface area contributed by atoms with Crippen molar-refractivity contribution in [2.45, 2.75) is 0 Å². The van der Waals surface area contributed by atoms with E-state index >= 15 is 0 Å². The number of nitrogens with zero attached hydrogens (tertiary/aromatic N) is 3. The van der Waals surface area contributed by atoms with E-state index in [-0.39, 0.29) is 11.8 Å². The third kappa shape index (κ3) is 4.84. The summed E-state index contributed by atoms with van der Waals surface area (Å²) in [5, 5.41) is 10.8. The van der Waals surface area contributed by atoms with E-state index in [1.165, 1.54) is 4.68 Å². The van der Waals surface area contributed by atoms with Gasteiger partial charge in [0.15, 0.2) is 5.82 Å². The summed E-state index contributed by atoms with van der Waals surface area (Å²) in [7, 11) is 5.48. The quantitative estimate of drug-likeness (QED) is 0.535. The van der Waals surface area contributed by atoms with Crippen LogP contribution in [0.2, 0.25) is 5.02 Å². The van der Waals surface area contributed by atoms with Crippen LogP contribution in [0.25, 0.3) is 16.9 Å². The number of nitrogens with one attached hydrogen (secondary N) is 2. The Morgan fingerprint density at radius 1 is 1.20 bits per heavy atom. The molecule has 0 spiro atoms. The average molecular weight is 429 g/mol. The number of nitrogens with two attached hydrogens (primary N) is 1. The van der Waals surface area contributed by atoms with Crippen LogP contribution in [0.4, 0.5) is 16.3 Å². The van der Waals surface area contributed by atoms with E-state index in [1.54, 1.807) is 13.2 Å². The van der Waals surface area contributed by atoms with Gasteiger partial charge in [0.05, 0.1) is 17.8 Å². The SMILES string of the molecule is COc1ccc(-c2nn(-c3ccccc3Cl)c(N)c2NC(=O)NCCN(C)C)cc1. The highest BCUT2D eigenvalue weighted by Gasteiger charge is 2.21. The van der Waals surface area contributed by atoms with Crippen molar-refractivity contribution in [3.05, 3.63) is 53.6 Å². The molecule has 0 unspecified atom stereocenters. The predicted molar refractivity (Wildman–Crippen MR) is 121 cm³/mol. The maximum absolute atomic E-state index is 12.5. The van der Waals surface area contributed by atoms with E-state index < -0.39 is 0 Å². The average Bonchev–Trinajstić information content (AvgIpc) is 3.04. The standard InChI is InChI=1S/C21H25ClN6O2/c1-27(2)13-12-24-21(29)25-19-18(14-8-10-15(30-3)11-9-14)26-28(20(19)23)17-7-5-4-6-16(17)22/h4-11H,12-13,23H2,1-3H3,(H2,24,25,29). The molecule has 158 valence electrons. The number of hydrogen-bond acceptors (Lipinski definition) is 5. The molecule has 1 heterocycles. The first-order valence-corrected chi connectivity index (χ1v) is 9.76. The zero-order valence-corrected chi connectivity index (χ0v) is 17.9. The number of aromatic nitrogens is 2. The summed E-state index contributed by atoms with van der Waals surface area (Å²) >= 11 is 6.34. The Kier molecular flexibility index (Phi) is 6.81. The van der Waals surface area contributed by atoms with E-state index in [0.717, 1.165) is 5.56 Å². The smallest absolute Gasteiger partial charge is 0.319 e. The molecular weight excluding hydrogens is 404 g/mol. The Morgan fingerprint density at radius 2 is 1.90 bits per heavy atom. The first kappa shape index (κ1) is 21.5. The number of carbonyl (C=O) groups excluding carboxylic acids is 1. The number of anilines is 2. The lowest BCUT2D eigenvalue weighted by molar-refractivity contribution is 0.250. The number of carbonyl (C=O) groups is 1. The number of methoxy groups -OCH3 is 1. The van der Waals surface area contributed by atoms with E-state index in [9.17, 15) is 4.79 Å². The first-order valence-electron chi connectivity index (χ1n) is 9.38. The molecule has 0 bridgehead atoms. The lowest BCUT2D eigenvalue weighted by Gasteiger charge is -2.12. The van der Waals surface area contributed by atoms with Gasteiger partial charge < -0.3 is 26.0 Å². The molecule has 3 aromatic rings. The number of rotatable bonds is 7. The van der Waals surface area contributed by atoms with Crippen LogP contribution >= 0.6 is 11.6 Å². The number of likely N-dealkylation sites (N-methyl/N-ethyl adjacent to an activating group) is 1. The molecule has 3 rings (SSSR count). The predicted octanol–water partition coefficient (Wildman–Crippen LogP) is 3.47. The molecule has 4 N–H and O–H groups in total. The third-order valence-corrected chi connectivity index (χ3v) is 4.77. The monoisotopic (exact) mass is 428 g/mol. The van der Waals surface area contributed by atoms with Gasteiger partial charge in [0.25, 0.3) is 0 Å². The van der Waals surface area contributed by atoms with E-state index in [1.807, 2.05) is 61.5 Å². The highest BCUT2D eigenvalue weighted by atomic mass is 35.5. The van der Waals surface area contributed by atoms with Gasteiger partial charge in [-0.3, -0.25) is 0 Å². The van der Waals surface area contributed by atoms with Gasteiger partial charge >= 0.3 is 6.03 Å². The summed E-state index contributed by atoms with van der Waals surface area (Å²) in [6.45, 7) is 1.21. The Hall–Kier alpha value is -3.23. The largest absolute Gasteiger partial charge is 0.497 e. The van der Waals surface area contributed by atoms with E-state index in [0.29, 0.717) is 40.9 Å². The molecule has 0 radical (unpaired) electrons. The van der Waals surface area contributed by atoms with Gasteiger partial charge in [-0.2, -0.15) is 5.10 Å². The number of nitrogen functional groups attached to an aromatic ring is 1. The Balaban J connectivity index is 1.99. The van der Waals surface area contributed by atoms with Crippen LogP contribution in [0, 0.1) is 0 Å². The van der Waals surface area contributed by atoms with Crippen LogP contribution in [0.15, 0.2) is 48.5 Å². The fourth-order valence-corrected chi connectivity index (χ4v) is 3.08. The van der Waals surface area contributed by atoms with Crippen molar-refractivity contribution in [1.82, 2.24) is 20.0 Å². The first-order chi connectivity index (χ1) is 14.4. The summed E-state index contributed by atoms with van der Waals surface area (Å²) in [6.07, 6.45) is 0. The Labute approximate surface area is 180 Å². The van der Waals surface area contributed by atoms with Crippen LogP contribution in [0.1, 0.15) is 0 Å². The molecular formula is C21H25ClN6O2. The summed E-state index contributed by atoms with van der Waals surface area (Å²) in [5.41, 5.74) is 8.71. The number of amides is 2. The van der Waals surface area contributed by atoms with Crippen molar-refractivity contribution < 1.29 is 9.53 Å². The zero-order valence-electron chi connectivity index (χ0n) is 17.1. The fraction of sp³-hybridized carbons (Fsp3) is 0.238. The Bertz CT molecular complexity index is 1020. The molecule has 2 aromatic carbocycles. The second-order valence-corrected chi connectivity index (χ2v) is 7.29. The number of ether oxygens (including phenoxy) is 1. The van der Waals surface area contributed by atoms with Crippen molar-refractivity contribution >= 4 is 29.1 Å². The summed E-state index contributed by atoms with van der Waals surface area (Å²) in [5.74, 6) is 0.991. The zero-order chi connectivity index (χ0) is 21.7. The highest BCUT2D eigenvalue weighted by Crippen LogP contribution is 2.36. The number of hydrogen-bond donors (Lipinski definition) is 3. The summed E-state index contributed by atoms with van der Waals surface area (Å²) in [4.78, 5) is 14.4. The topological polar surface area (TPSA) is 97.4 Å². The summed E-state index contributed by atoms with van der Waals surface area (Å²) < 4.78 is 6.75. The maximum atomic E-state index is 12.5. The lowest BCUT2D eigenvalue weighted by Crippen LogP contribution is -2.34. The molecule has 0 aliphatic rings. The van der Waals surface area contributed by atoms with Crippen molar-refractivity contribution in [2.24, 2.45) is 0 Å². The minimum atomic E-state index is -0.364. The van der Waals surface area contributed by atoms with E-state index in [4.69, 9.17) is 22.1 Å². The molecule has 8 nitrogen and oxygen atoms in total. The molecule has 0 saturated carbocycles. The number of para-hydroxylation sites is 1. The third-order valence-electron chi connectivity index (χ3n) is 4.45. The van der Waals surface area contributed by atoms with Gasteiger partial charge in [0.1, 0.15) is 17.1 Å². The number of benzene rings is 2. The highest BCUT2D eigenvalue weighted by molar-refractivity contribution is 6.32. The molecule has 30 heavy (non-hydrogen) atoms. The van der Waals surface area contributed by atoms with Gasteiger partial charge in [0, 0.05) is 18.7 Å². The number of urea groups is 1. The van der Waals surface area contributed by atoms with Crippen molar-refractivity contribution in [3.63, 3.8) is 0 Å². The fourth-order valence-electron chi connectivity index (χ4n) is 2.86. The van der Waals surface area contributed by atoms with Gasteiger partial charge in [-0.05, 0) is 50.5 Å². The van der Waals surface area contributed by atoms with Crippen molar-refractivity contribution in [1.29, 1.82) is 0 Å². The molecule has 0 aliphatic carbocycles.